The van der Waals surface area contributed by atoms with Crippen molar-refractivity contribution in [2.75, 3.05) is 14.2 Å². The van der Waals surface area contributed by atoms with E-state index < -0.39 is 0 Å². The number of ether oxygens (including phenoxy) is 2. The van der Waals surface area contributed by atoms with Crippen LogP contribution in [0.2, 0.25) is 0 Å². The number of benzene rings is 2. The minimum Gasteiger partial charge on any atom is -0.497 e. The number of nitrogens with one attached hydrogen (secondary N) is 2. The molecule has 0 saturated heterocycles. The Morgan fingerprint density at radius 1 is 1.08 bits per heavy atom. The molecule has 0 amide bonds. The molecule has 0 aliphatic carbocycles. The van der Waals surface area contributed by atoms with Crippen LogP contribution in [0.15, 0.2) is 53.5 Å². The van der Waals surface area contributed by atoms with Crippen molar-refractivity contribution in [3.8, 4) is 11.5 Å². The summed E-state index contributed by atoms with van der Waals surface area (Å²) in [5, 5.41) is 5.68. The van der Waals surface area contributed by atoms with Crippen LogP contribution in [-0.4, -0.2) is 24.5 Å². The van der Waals surface area contributed by atoms with Gasteiger partial charge in [-0.25, -0.2) is 10.8 Å². The summed E-state index contributed by atoms with van der Waals surface area (Å²) in [4.78, 5) is 3.83. The second-order valence-electron chi connectivity index (χ2n) is 4.94. The van der Waals surface area contributed by atoms with Gasteiger partial charge in [0.05, 0.1) is 25.9 Å². The lowest BCUT2D eigenvalue weighted by molar-refractivity contribution is 0.414. The van der Waals surface area contributed by atoms with Gasteiger partial charge in [0.1, 0.15) is 11.5 Å². The summed E-state index contributed by atoms with van der Waals surface area (Å²) < 4.78 is 10.1. The fourth-order valence-electron chi connectivity index (χ4n) is 1.91. The maximum Gasteiger partial charge on any atom is 0.180 e. The molecule has 0 aromatic heterocycles. The lowest BCUT2D eigenvalue weighted by atomic mass is 10.2. The number of isothiocyanates is 1. The highest BCUT2D eigenvalue weighted by Crippen LogP contribution is 2.13. The molecule has 4 N–H and O–H groups in total. The fourth-order valence-corrected chi connectivity index (χ4v) is 2.05. The molecule has 0 unspecified atom stereocenters. The van der Waals surface area contributed by atoms with Gasteiger partial charge in [0, 0.05) is 6.54 Å². The summed E-state index contributed by atoms with van der Waals surface area (Å²) in [6.45, 7) is 1.20. The van der Waals surface area contributed by atoms with Crippen molar-refractivity contribution in [3.05, 3.63) is 59.7 Å². The van der Waals surface area contributed by atoms with Crippen molar-refractivity contribution in [3.63, 3.8) is 0 Å². The number of aliphatic imine (C=N–C) groups is 1. The van der Waals surface area contributed by atoms with Crippen LogP contribution in [0.4, 0.5) is 0 Å². The molecule has 0 heterocycles. The van der Waals surface area contributed by atoms with E-state index >= 15 is 0 Å². The molecule has 2 aromatic carbocycles. The van der Waals surface area contributed by atoms with E-state index in [1.165, 1.54) is 0 Å². The van der Waals surface area contributed by atoms with Crippen molar-refractivity contribution >= 4 is 34.7 Å². The summed E-state index contributed by atoms with van der Waals surface area (Å²) in [6, 6.07) is 15.4. The summed E-state index contributed by atoms with van der Waals surface area (Å²) in [5.41, 5.74) is 4.51. The van der Waals surface area contributed by atoms with Crippen molar-refractivity contribution in [2.45, 2.75) is 13.1 Å². The number of hydrogen-bond donors (Lipinski definition) is 3. The molecule has 0 saturated carbocycles. The van der Waals surface area contributed by atoms with E-state index in [4.69, 9.17) is 27.5 Å². The minimum absolute atomic E-state index is 0.424. The van der Waals surface area contributed by atoms with E-state index in [1.54, 1.807) is 14.2 Å². The second kappa shape index (κ2) is 12.8. The topological polar surface area (TPSA) is 80.9 Å². The molecule has 6 nitrogen and oxygen atoms in total. The third-order valence-corrected chi connectivity index (χ3v) is 3.57. The van der Waals surface area contributed by atoms with Crippen LogP contribution in [0.5, 0.6) is 11.5 Å². The van der Waals surface area contributed by atoms with Gasteiger partial charge in [-0.05, 0) is 59.8 Å². The summed E-state index contributed by atoms with van der Waals surface area (Å²) in [6.07, 6.45) is 0. The van der Waals surface area contributed by atoms with E-state index in [0.717, 1.165) is 22.6 Å². The highest BCUT2D eigenvalue weighted by Gasteiger charge is 1.96. The molecule has 2 rings (SSSR count). The molecule has 0 fully saturated rings. The summed E-state index contributed by atoms with van der Waals surface area (Å²) >= 11 is 9.30. The Kier molecular flexibility index (Phi) is 10.6. The Morgan fingerprint density at radius 3 is 2.19 bits per heavy atom. The van der Waals surface area contributed by atoms with Crippen LogP contribution in [0.3, 0.4) is 0 Å². The molecule has 0 aliphatic heterocycles. The molecule has 0 spiro atoms. The van der Waals surface area contributed by atoms with Gasteiger partial charge in [-0.15, -0.1) is 0 Å². The lowest BCUT2D eigenvalue weighted by Crippen LogP contribution is -2.39. The Balaban J connectivity index is 0.000000263. The zero-order valence-corrected chi connectivity index (χ0v) is 16.3. The molecular formula is C18H22N4O2S2. The molecule has 26 heavy (non-hydrogen) atoms. The minimum atomic E-state index is 0.424. The lowest BCUT2D eigenvalue weighted by Gasteiger charge is -2.07. The first kappa shape index (κ1) is 21.5. The zero-order chi connectivity index (χ0) is 19.2. The molecule has 138 valence electrons. The Morgan fingerprint density at radius 2 is 1.65 bits per heavy atom. The van der Waals surface area contributed by atoms with Gasteiger partial charge < -0.3 is 20.2 Å². The van der Waals surface area contributed by atoms with E-state index in [9.17, 15) is 0 Å². The zero-order valence-electron chi connectivity index (χ0n) is 14.7. The highest BCUT2D eigenvalue weighted by molar-refractivity contribution is 7.80. The van der Waals surface area contributed by atoms with Crippen LogP contribution in [-0.2, 0) is 13.1 Å². The van der Waals surface area contributed by atoms with Gasteiger partial charge in [0.25, 0.3) is 0 Å². The summed E-state index contributed by atoms with van der Waals surface area (Å²) in [7, 11) is 3.28. The van der Waals surface area contributed by atoms with E-state index in [2.05, 4.69) is 33.1 Å². The first-order valence-corrected chi connectivity index (χ1v) is 8.48. The smallest absolute Gasteiger partial charge is 0.180 e. The number of nitrogens with zero attached hydrogens (tertiary/aromatic N) is 1. The fraction of sp³-hybridized carbons (Fsp3) is 0.222. The average molecular weight is 391 g/mol. The molecule has 8 heteroatoms. The number of nitrogens with two attached hydrogens (primary N) is 1. The maximum atomic E-state index is 5.11. The van der Waals surface area contributed by atoms with Gasteiger partial charge in [-0.1, -0.05) is 24.3 Å². The standard InChI is InChI=1S/C9H13N3OS.C9H9NOS/c1-13-8-4-2-3-7(5-8)6-11-9(14)12-10;1-11-9-4-2-3-8(5-9)6-10-7-12/h2-5H,6,10H2,1H3,(H2,11,12,14);2-5H,6H2,1H3. The first-order chi connectivity index (χ1) is 12.6. The van der Waals surface area contributed by atoms with Crippen molar-refractivity contribution < 1.29 is 9.47 Å². The van der Waals surface area contributed by atoms with Crippen LogP contribution in [0.1, 0.15) is 11.1 Å². The Bertz CT molecular complexity index is 749. The highest BCUT2D eigenvalue weighted by atomic mass is 32.1. The van der Waals surface area contributed by atoms with Crippen molar-refractivity contribution in [1.82, 2.24) is 10.7 Å². The van der Waals surface area contributed by atoms with E-state index in [-0.39, 0.29) is 0 Å². The molecule has 0 aliphatic rings. The number of methoxy groups -OCH3 is 2. The first-order valence-electron chi connectivity index (χ1n) is 7.66. The Labute approximate surface area is 164 Å². The second-order valence-corrected chi connectivity index (χ2v) is 5.53. The third kappa shape index (κ3) is 8.55. The third-order valence-electron chi connectivity index (χ3n) is 3.18. The molecular weight excluding hydrogens is 368 g/mol. The van der Waals surface area contributed by atoms with Gasteiger partial charge in [0.2, 0.25) is 0 Å². The van der Waals surface area contributed by atoms with E-state index in [1.807, 2.05) is 48.5 Å². The Hall–Kier alpha value is -2.51. The molecule has 0 radical (unpaired) electrons. The SMILES string of the molecule is COc1cccc(CN=C=S)c1.COc1cccc(CNC(=S)NN)c1. The normalized spacial score (nSPS) is 9.04. The van der Waals surface area contributed by atoms with E-state index in [0.29, 0.717) is 18.2 Å². The largest absolute Gasteiger partial charge is 0.497 e. The van der Waals surface area contributed by atoms with Crippen molar-refractivity contribution in [1.29, 1.82) is 0 Å². The number of rotatable bonds is 6. The molecule has 0 atom stereocenters. The van der Waals surface area contributed by atoms with Gasteiger partial charge >= 0.3 is 0 Å². The predicted octanol–water partition coefficient (Wildman–Crippen LogP) is 2.83. The van der Waals surface area contributed by atoms with Crippen LogP contribution in [0.25, 0.3) is 0 Å². The quantitative estimate of drug-likeness (QED) is 0.303. The number of hydrogen-bond acceptors (Lipinski definition) is 6. The average Bonchev–Trinajstić information content (AvgIpc) is 2.71. The van der Waals surface area contributed by atoms with Crippen molar-refractivity contribution in [2.24, 2.45) is 10.8 Å². The van der Waals surface area contributed by atoms with Gasteiger partial charge in [0.15, 0.2) is 5.11 Å². The number of thiocarbonyl (C=S) groups is 2. The van der Waals surface area contributed by atoms with Crippen LogP contribution in [0, 0.1) is 0 Å². The maximum absolute atomic E-state index is 5.11. The van der Waals surface area contributed by atoms with Gasteiger partial charge in [-0.3, -0.25) is 0 Å². The van der Waals surface area contributed by atoms with Crippen LogP contribution < -0.4 is 26.1 Å². The van der Waals surface area contributed by atoms with Crippen LogP contribution >= 0.6 is 24.4 Å². The predicted molar refractivity (Wildman–Crippen MR) is 111 cm³/mol. The van der Waals surface area contributed by atoms with Gasteiger partial charge in [-0.2, -0.15) is 0 Å². The number of hydrazine groups is 1. The summed E-state index contributed by atoms with van der Waals surface area (Å²) in [5.74, 6) is 6.78. The monoisotopic (exact) mass is 390 g/mol. The molecule has 2 aromatic rings. The molecule has 0 bridgehead atoms.